The summed E-state index contributed by atoms with van der Waals surface area (Å²) in [6, 6.07) is 11.0. The predicted octanol–water partition coefficient (Wildman–Crippen LogP) is 1.23. The van der Waals surface area contributed by atoms with Gasteiger partial charge in [-0.15, -0.1) is 0 Å². The molecule has 1 atom stereocenters. The Labute approximate surface area is 185 Å². The van der Waals surface area contributed by atoms with E-state index in [4.69, 9.17) is 5.11 Å². The van der Waals surface area contributed by atoms with Crippen molar-refractivity contribution in [3.8, 4) is 0 Å². The molecule has 0 radical (unpaired) electrons. The zero-order valence-electron chi connectivity index (χ0n) is 17.4. The molecule has 0 spiro atoms. The van der Waals surface area contributed by atoms with Crippen LogP contribution in [0.2, 0.25) is 0 Å². The van der Waals surface area contributed by atoms with Gasteiger partial charge in [-0.05, 0) is 36.1 Å². The zero-order valence-corrected chi connectivity index (χ0v) is 17.4. The second-order valence-corrected chi connectivity index (χ2v) is 7.82. The van der Waals surface area contributed by atoms with Crippen LogP contribution in [0.25, 0.3) is 0 Å². The number of piperidine rings is 1. The van der Waals surface area contributed by atoms with Crippen molar-refractivity contribution in [2.75, 3.05) is 13.1 Å². The number of pyridine rings is 1. The number of carboxylic acids is 2. The maximum Gasteiger partial charge on any atom is 0.326 e. The molecule has 3 N–H and O–H groups in total. The number of likely N-dealkylation sites (tertiary alicyclic amines) is 1. The number of amides is 2. The monoisotopic (exact) mass is 439 g/mol. The van der Waals surface area contributed by atoms with Crippen LogP contribution in [0.5, 0.6) is 0 Å². The number of carbonyl (C=O) groups is 4. The fourth-order valence-electron chi connectivity index (χ4n) is 4.00. The van der Waals surface area contributed by atoms with Gasteiger partial charge >= 0.3 is 11.9 Å². The molecule has 2 heterocycles. The first-order valence-electron chi connectivity index (χ1n) is 10.3. The number of hydrogen-bond donors (Lipinski definition) is 3. The fourth-order valence-corrected chi connectivity index (χ4v) is 4.00. The first kappa shape index (κ1) is 22.9. The fraction of sp³-hybridized carbons (Fsp3) is 0.348. The molecule has 1 aliphatic heterocycles. The van der Waals surface area contributed by atoms with Crippen LogP contribution < -0.4 is 5.32 Å². The van der Waals surface area contributed by atoms with Crippen molar-refractivity contribution in [1.82, 2.24) is 15.2 Å². The molecule has 3 rings (SSSR count). The molecule has 2 aromatic rings. The Kier molecular flexibility index (Phi) is 7.19. The van der Waals surface area contributed by atoms with Gasteiger partial charge in [0, 0.05) is 25.5 Å². The van der Waals surface area contributed by atoms with E-state index in [1.54, 1.807) is 53.7 Å². The molecule has 2 amide bonds. The molecule has 1 aliphatic rings. The number of aromatic nitrogens is 1. The van der Waals surface area contributed by atoms with E-state index < -0.39 is 35.7 Å². The number of aliphatic carboxylic acids is 2. The number of hydrogen-bond acceptors (Lipinski definition) is 5. The van der Waals surface area contributed by atoms with Crippen LogP contribution in [0.15, 0.2) is 54.9 Å². The molecule has 0 bridgehead atoms. The smallest absolute Gasteiger partial charge is 0.326 e. The summed E-state index contributed by atoms with van der Waals surface area (Å²) in [7, 11) is 0. The molecular formula is C23H25N3O6. The molecule has 32 heavy (non-hydrogen) atoms. The van der Waals surface area contributed by atoms with Gasteiger partial charge in [0.1, 0.15) is 6.04 Å². The highest BCUT2D eigenvalue weighted by Crippen LogP contribution is 2.36. The topological polar surface area (TPSA) is 137 Å². The lowest BCUT2D eigenvalue weighted by Crippen LogP contribution is -2.56. The van der Waals surface area contributed by atoms with Crippen molar-refractivity contribution >= 4 is 23.8 Å². The minimum atomic E-state index is -1.54. The summed E-state index contributed by atoms with van der Waals surface area (Å²) in [4.78, 5) is 54.2. The average Bonchev–Trinajstić information content (AvgIpc) is 2.79. The van der Waals surface area contributed by atoms with Crippen molar-refractivity contribution < 1.29 is 29.4 Å². The van der Waals surface area contributed by atoms with Gasteiger partial charge < -0.3 is 20.4 Å². The van der Waals surface area contributed by atoms with E-state index in [1.807, 2.05) is 6.07 Å². The Balaban J connectivity index is 1.77. The lowest BCUT2D eigenvalue weighted by Gasteiger charge is -2.41. The normalized spacial score (nSPS) is 16.1. The second-order valence-electron chi connectivity index (χ2n) is 7.82. The van der Waals surface area contributed by atoms with Gasteiger partial charge in [0.2, 0.25) is 11.8 Å². The minimum absolute atomic E-state index is 0.0624. The van der Waals surface area contributed by atoms with E-state index in [2.05, 4.69) is 10.3 Å². The Morgan fingerprint density at radius 3 is 2.19 bits per heavy atom. The van der Waals surface area contributed by atoms with Crippen molar-refractivity contribution in [3.63, 3.8) is 0 Å². The molecule has 1 aromatic carbocycles. The summed E-state index contributed by atoms with van der Waals surface area (Å²) in [6.07, 6.45) is 3.35. The van der Waals surface area contributed by atoms with Crippen LogP contribution in [0.3, 0.4) is 0 Å². The summed E-state index contributed by atoms with van der Waals surface area (Å²) in [6.45, 7) is 0.645. The van der Waals surface area contributed by atoms with Crippen molar-refractivity contribution in [3.05, 3.63) is 66.0 Å². The van der Waals surface area contributed by atoms with Gasteiger partial charge in [0.15, 0.2) is 0 Å². The number of benzene rings is 1. The van der Waals surface area contributed by atoms with Gasteiger partial charge in [0.25, 0.3) is 0 Å². The van der Waals surface area contributed by atoms with E-state index in [0.29, 0.717) is 31.5 Å². The Bertz CT molecular complexity index is 972. The van der Waals surface area contributed by atoms with Crippen molar-refractivity contribution in [1.29, 1.82) is 0 Å². The van der Waals surface area contributed by atoms with Crippen LogP contribution in [0.1, 0.15) is 30.4 Å². The summed E-state index contributed by atoms with van der Waals surface area (Å²) in [5.41, 5.74) is 0.500. The standard InChI is InChI=1S/C23H25N3O6/c27-19(14-16-6-10-24-11-7-16)26-12-8-23(9-13-26,17-4-2-1-3-5-17)22(32)25-18(21(30)31)15-20(28)29/h1-7,10-11,18H,8-9,12-15H2,(H,25,32)(H,28,29)(H,30,31)/t18-/m0/s1. The van der Waals surface area contributed by atoms with E-state index >= 15 is 0 Å². The minimum Gasteiger partial charge on any atom is -0.481 e. The molecular weight excluding hydrogens is 414 g/mol. The lowest BCUT2D eigenvalue weighted by atomic mass is 9.71. The Hall–Kier alpha value is -3.75. The van der Waals surface area contributed by atoms with Crippen LogP contribution >= 0.6 is 0 Å². The third kappa shape index (κ3) is 5.29. The number of nitrogens with one attached hydrogen (secondary N) is 1. The number of rotatable bonds is 8. The van der Waals surface area contributed by atoms with Gasteiger partial charge in [-0.3, -0.25) is 19.4 Å². The average molecular weight is 439 g/mol. The van der Waals surface area contributed by atoms with Gasteiger partial charge in [-0.2, -0.15) is 0 Å². The van der Waals surface area contributed by atoms with E-state index in [1.165, 1.54) is 0 Å². The molecule has 9 nitrogen and oxygen atoms in total. The molecule has 0 unspecified atom stereocenters. The van der Waals surface area contributed by atoms with Gasteiger partial charge in [-0.1, -0.05) is 30.3 Å². The quantitative estimate of drug-likeness (QED) is 0.563. The number of carbonyl (C=O) groups excluding carboxylic acids is 2. The third-order valence-electron chi connectivity index (χ3n) is 5.82. The van der Waals surface area contributed by atoms with Crippen LogP contribution in [-0.4, -0.2) is 63.0 Å². The van der Waals surface area contributed by atoms with Crippen LogP contribution in [0.4, 0.5) is 0 Å². The summed E-state index contributed by atoms with van der Waals surface area (Å²) >= 11 is 0. The van der Waals surface area contributed by atoms with Crippen molar-refractivity contribution in [2.24, 2.45) is 0 Å². The highest BCUT2D eigenvalue weighted by molar-refractivity contribution is 5.93. The summed E-state index contributed by atoms with van der Waals surface area (Å²) in [5.74, 6) is -3.33. The predicted molar refractivity (Wildman–Crippen MR) is 114 cm³/mol. The van der Waals surface area contributed by atoms with E-state index in [0.717, 1.165) is 5.56 Å². The molecule has 1 aromatic heterocycles. The molecule has 168 valence electrons. The maximum absolute atomic E-state index is 13.3. The number of nitrogens with zero attached hydrogens (tertiary/aromatic N) is 2. The number of carboxylic acid groups (broad SMARTS) is 2. The third-order valence-corrected chi connectivity index (χ3v) is 5.82. The summed E-state index contributed by atoms with van der Waals surface area (Å²) < 4.78 is 0. The highest BCUT2D eigenvalue weighted by Gasteiger charge is 2.44. The summed E-state index contributed by atoms with van der Waals surface area (Å²) in [5, 5.41) is 20.7. The Morgan fingerprint density at radius 2 is 1.62 bits per heavy atom. The van der Waals surface area contributed by atoms with Gasteiger partial charge in [0.05, 0.1) is 18.3 Å². The molecule has 1 fully saturated rings. The zero-order chi connectivity index (χ0) is 23.1. The molecule has 0 saturated carbocycles. The van der Waals surface area contributed by atoms with Crippen molar-refractivity contribution in [2.45, 2.75) is 37.1 Å². The largest absolute Gasteiger partial charge is 0.481 e. The highest BCUT2D eigenvalue weighted by atomic mass is 16.4. The molecule has 1 saturated heterocycles. The first-order valence-corrected chi connectivity index (χ1v) is 10.3. The van der Waals surface area contributed by atoms with E-state index in [9.17, 15) is 24.3 Å². The maximum atomic E-state index is 13.3. The Morgan fingerprint density at radius 1 is 1.00 bits per heavy atom. The molecule has 9 heteroatoms. The van der Waals surface area contributed by atoms with Crippen LogP contribution in [0, 0.1) is 0 Å². The first-order chi connectivity index (χ1) is 15.3. The second kappa shape index (κ2) is 10.0. The SMILES string of the molecule is O=C(O)C[C@H](NC(=O)C1(c2ccccc2)CCN(C(=O)Cc2ccncc2)CC1)C(=O)O. The van der Waals surface area contributed by atoms with Crippen LogP contribution in [-0.2, 0) is 31.0 Å². The van der Waals surface area contributed by atoms with E-state index in [-0.39, 0.29) is 12.3 Å². The lowest BCUT2D eigenvalue weighted by molar-refractivity contribution is -0.148. The molecule has 0 aliphatic carbocycles. The van der Waals surface area contributed by atoms with Gasteiger partial charge in [-0.25, -0.2) is 4.79 Å².